The molecule has 3 rings (SSSR count). The van der Waals surface area contributed by atoms with Gasteiger partial charge in [0, 0.05) is 30.3 Å². The number of alkyl carbamates (subject to hydrolysis) is 1. The Morgan fingerprint density at radius 3 is 2.25 bits per heavy atom. The first kappa shape index (κ1) is 37.8. The average Bonchev–Trinajstić information content (AvgIpc) is 3.47. The zero-order chi connectivity index (χ0) is 35.3. The van der Waals surface area contributed by atoms with Gasteiger partial charge in [0.2, 0.25) is 0 Å². The third-order valence-corrected chi connectivity index (χ3v) is 7.96. The van der Waals surface area contributed by atoms with Crippen LogP contribution in [0, 0.1) is 0 Å². The summed E-state index contributed by atoms with van der Waals surface area (Å²) < 4.78 is 18.2. The monoisotopic (exact) mass is 658 g/mol. The summed E-state index contributed by atoms with van der Waals surface area (Å²) in [5, 5.41) is 9.95. The van der Waals surface area contributed by atoms with E-state index in [2.05, 4.69) is 57.9 Å². The topological polar surface area (TPSA) is 103 Å². The highest BCUT2D eigenvalue weighted by molar-refractivity contribution is 5.78. The summed E-state index contributed by atoms with van der Waals surface area (Å²) in [7, 11) is 1.62. The minimum absolute atomic E-state index is 0.174. The van der Waals surface area contributed by atoms with E-state index in [4.69, 9.17) is 14.2 Å². The molecule has 9 nitrogen and oxygen atoms in total. The highest BCUT2D eigenvalue weighted by Gasteiger charge is 2.29. The summed E-state index contributed by atoms with van der Waals surface area (Å²) >= 11 is 0. The molecule has 0 saturated carbocycles. The predicted octanol–water partition coefficient (Wildman–Crippen LogP) is 7.96. The van der Waals surface area contributed by atoms with Crippen LogP contribution < -0.4 is 20.7 Å². The maximum Gasteiger partial charge on any atom is 0.408 e. The van der Waals surface area contributed by atoms with E-state index in [0.29, 0.717) is 25.3 Å². The Balaban J connectivity index is 1.69. The van der Waals surface area contributed by atoms with Gasteiger partial charge in [-0.2, -0.15) is 0 Å². The molecule has 0 spiro atoms. The third kappa shape index (κ3) is 12.2. The lowest BCUT2D eigenvalue weighted by atomic mass is 9.95. The lowest BCUT2D eigenvalue weighted by molar-refractivity contribution is -0.145. The average molecular weight is 659 g/mol. The second kappa shape index (κ2) is 17.5. The van der Waals surface area contributed by atoms with Crippen molar-refractivity contribution in [3.63, 3.8) is 0 Å². The number of carbonyl (C=O) groups is 2. The number of amides is 1. The van der Waals surface area contributed by atoms with E-state index in [0.717, 1.165) is 42.0 Å². The van der Waals surface area contributed by atoms with Gasteiger partial charge in [-0.25, -0.2) is 4.79 Å². The molecule has 2 aromatic carbocycles. The van der Waals surface area contributed by atoms with Crippen LogP contribution in [0.2, 0.25) is 0 Å². The largest absolute Gasteiger partial charge is 0.497 e. The molecule has 9 heteroatoms. The Morgan fingerprint density at radius 2 is 1.62 bits per heavy atom. The number of benzene rings is 2. The van der Waals surface area contributed by atoms with Crippen LogP contribution in [0.25, 0.3) is 0 Å². The van der Waals surface area contributed by atoms with Crippen LogP contribution in [0.15, 0.2) is 97.6 Å². The first-order chi connectivity index (χ1) is 22.7. The maximum absolute atomic E-state index is 12.9. The molecule has 0 saturated heterocycles. The molecule has 2 atom stereocenters. The summed E-state index contributed by atoms with van der Waals surface area (Å²) in [6, 6.07) is 19.7. The lowest BCUT2D eigenvalue weighted by Gasteiger charge is -2.34. The molecule has 2 unspecified atom stereocenters. The summed E-state index contributed by atoms with van der Waals surface area (Å²) in [6.45, 7) is 20.7. The van der Waals surface area contributed by atoms with Crippen molar-refractivity contribution in [1.82, 2.24) is 15.2 Å². The zero-order valence-corrected chi connectivity index (χ0v) is 29.7. The van der Waals surface area contributed by atoms with Crippen molar-refractivity contribution in [3.8, 4) is 5.75 Å². The first-order valence-corrected chi connectivity index (χ1v) is 16.6. The molecule has 0 radical (unpaired) electrons. The fourth-order valence-electron chi connectivity index (χ4n) is 5.22. The first-order valence-electron chi connectivity index (χ1n) is 16.6. The number of hydrogen-bond acceptors (Lipinski definition) is 7. The van der Waals surface area contributed by atoms with E-state index in [1.165, 1.54) is 5.56 Å². The molecule has 0 aliphatic carbocycles. The quantitative estimate of drug-likeness (QED) is 0.119. The van der Waals surface area contributed by atoms with Crippen LogP contribution in [0.3, 0.4) is 0 Å². The minimum atomic E-state index is -0.789. The number of ether oxygens (including phenoxy) is 3. The SMILES string of the molecule is C=C(Nc1ccn(CCC(C(=O)OCC)c2ccc(OC)cc2)c1)C(CCCc1ccccc1)NC(=C)C(C)(C)NC(=O)OC(C)(C)C. The number of nitrogens with zero attached hydrogens (tertiary/aromatic N) is 1. The molecule has 3 aromatic rings. The highest BCUT2D eigenvalue weighted by Crippen LogP contribution is 2.26. The van der Waals surface area contributed by atoms with Crippen molar-refractivity contribution >= 4 is 17.7 Å². The van der Waals surface area contributed by atoms with Gasteiger partial charge in [0.1, 0.15) is 11.4 Å². The Hall–Kier alpha value is -4.66. The van der Waals surface area contributed by atoms with E-state index < -0.39 is 23.2 Å². The van der Waals surface area contributed by atoms with Crippen molar-refractivity contribution in [2.75, 3.05) is 19.0 Å². The molecule has 3 N–H and O–H groups in total. The number of esters is 1. The molecule has 1 heterocycles. The Morgan fingerprint density at radius 1 is 0.938 bits per heavy atom. The van der Waals surface area contributed by atoms with Crippen LogP contribution in [0.4, 0.5) is 10.5 Å². The molecular formula is C39H54N4O5. The number of aromatic nitrogens is 1. The van der Waals surface area contributed by atoms with E-state index in [1.807, 2.05) is 90.3 Å². The van der Waals surface area contributed by atoms with Crippen molar-refractivity contribution in [1.29, 1.82) is 0 Å². The Bertz CT molecular complexity index is 1490. The van der Waals surface area contributed by atoms with Gasteiger partial charge >= 0.3 is 12.1 Å². The molecule has 48 heavy (non-hydrogen) atoms. The number of nitrogens with one attached hydrogen (secondary N) is 3. The second-order valence-corrected chi connectivity index (χ2v) is 13.5. The number of carbonyl (C=O) groups excluding carboxylic acids is 2. The lowest BCUT2D eigenvalue weighted by Crippen LogP contribution is -2.51. The second-order valence-electron chi connectivity index (χ2n) is 13.5. The van der Waals surface area contributed by atoms with E-state index in [1.54, 1.807) is 7.11 Å². The van der Waals surface area contributed by atoms with Crippen LogP contribution in [0.1, 0.15) is 77.8 Å². The van der Waals surface area contributed by atoms with E-state index in [-0.39, 0.29) is 12.0 Å². The molecule has 1 amide bonds. The normalized spacial score (nSPS) is 12.7. The van der Waals surface area contributed by atoms with Gasteiger partial charge in [0.05, 0.1) is 36.9 Å². The molecule has 0 aliphatic rings. The Kier molecular flexibility index (Phi) is 13.8. The maximum atomic E-state index is 12.9. The third-order valence-electron chi connectivity index (χ3n) is 7.96. The van der Waals surface area contributed by atoms with Gasteiger partial charge in [0.25, 0.3) is 0 Å². The fourth-order valence-corrected chi connectivity index (χ4v) is 5.22. The standard InChI is InChI=1S/C39H54N4O5/c1-10-47-36(44)34(31-19-21-33(46-9)22-20-31)24-26-43-25-23-32(27-43)40-28(2)35(18-14-17-30-15-12-11-13-16-30)41-29(3)39(7,8)42-37(45)48-38(4,5)6/h11-13,15-16,19-23,25,27,34-35,40-41H,2-3,10,14,17-18,24,26H2,1,4-9H3,(H,42,45). The number of hydrogen-bond donors (Lipinski definition) is 3. The molecule has 0 fully saturated rings. The summed E-state index contributed by atoms with van der Waals surface area (Å²) in [4.78, 5) is 25.4. The van der Waals surface area contributed by atoms with Gasteiger partial charge < -0.3 is 34.7 Å². The van der Waals surface area contributed by atoms with Crippen molar-refractivity contribution in [2.45, 2.75) is 96.9 Å². The molecule has 0 bridgehead atoms. The minimum Gasteiger partial charge on any atom is -0.497 e. The van der Waals surface area contributed by atoms with Crippen LogP contribution in [0.5, 0.6) is 5.75 Å². The van der Waals surface area contributed by atoms with Crippen molar-refractivity contribution in [3.05, 3.63) is 109 Å². The molecule has 260 valence electrons. The van der Waals surface area contributed by atoms with Crippen molar-refractivity contribution < 1.29 is 23.8 Å². The molecule has 0 aliphatic heterocycles. The number of aryl methyl sites for hydroxylation is 2. The number of anilines is 1. The van der Waals surface area contributed by atoms with Gasteiger partial charge in [-0.1, -0.05) is 55.6 Å². The number of methoxy groups -OCH3 is 1. The number of rotatable bonds is 18. The molecular weight excluding hydrogens is 604 g/mol. The highest BCUT2D eigenvalue weighted by atomic mass is 16.6. The van der Waals surface area contributed by atoms with Gasteiger partial charge in [-0.15, -0.1) is 0 Å². The summed E-state index contributed by atoms with van der Waals surface area (Å²) in [5.74, 6) is 0.101. The van der Waals surface area contributed by atoms with E-state index in [9.17, 15) is 9.59 Å². The van der Waals surface area contributed by atoms with Crippen LogP contribution in [-0.2, 0) is 27.2 Å². The predicted molar refractivity (Wildman–Crippen MR) is 193 cm³/mol. The van der Waals surface area contributed by atoms with Crippen LogP contribution in [-0.4, -0.2) is 47.5 Å². The summed E-state index contributed by atoms with van der Waals surface area (Å²) in [5.41, 5.74) is 3.06. The van der Waals surface area contributed by atoms with Gasteiger partial charge in [0.15, 0.2) is 0 Å². The fraction of sp³-hybridized carbons (Fsp3) is 0.436. The zero-order valence-electron chi connectivity index (χ0n) is 29.7. The van der Waals surface area contributed by atoms with E-state index >= 15 is 0 Å². The van der Waals surface area contributed by atoms with Gasteiger partial charge in [-0.05, 0) is 96.6 Å². The van der Waals surface area contributed by atoms with Gasteiger partial charge in [-0.3, -0.25) is 4.79 Å². The molecule has 1 aromatic heterocycles. The Labute approximate surface area is 286 Å². The smallest absolute Gasteiger partial charge is 0.408 e. The summed E-state index contributed by atoms with van der Waals surface area (Å²) in [6.07, 6.45) is 6.67. The van der Waals surface area contributed by atoms with Crippen LogP contribution >= 0.6 is 0 Å². The van der Waals surface area contributed by atoms with Crippen molar-refractivity contribution in [2.24, 2.45) is 0 Å².